The summed E-state index contributed by atoms with van der Waals surface area (Å²) >= 11 is 0. The van der Waals surface area contributed by atoms with Crippen molar-refractivity contribution in [1.82, 2.24) is 10.2 Å². The van der Waals surface area contributed by atoms with E-state index in [0.29, 0.717) is 17.5 Å². The van der Waals surface area contributed by atoms with Crippen LogP contribution < -0.4 is 5.32 Å². The van der Waals surface area contributed by atoms with Crippen LogP contribution in [0.3, 0.4) is 0 Å². The van der Waals surface area contributed by atoms with Crippen molar-refractivity contribution < 1.29 is 4.79 Å². The molecule has 3 heteroatoms. The lowest BCUT2D eigenvalue weighted by molar-refractivity contribution is 0.0963. The van der Waals surface area contributed by atoms with Crippen molar-refractivity contribution in [3.8, 4) is 0 Å². The first-order chi connectivity index (χ1) is 9.01. The summed E-state index contributed by atoms with van der Waals surface area (Å²) in [4.78, 5) is 13.8. The largest absolute Gasteiger partial charge is 0.355 e. The average Bonchev–Trinajstić information content (AvgIpc) is 2.38. The topological polar surface area (TPSA) is 32.3 Å². The van der Waals surface area contributed by atoms with Gasteiger partial charge in [-0.2, -0.15) is 0 Å². The van der Waals surface area contributed by atoms with Crippen LogP contribution in [0.2, 0.25) is 0 Å². The molecule has 3 nitrogen and oxygen atoms in total. The molecule has 0 fully saturated rings. The van der Waals surface area contributed by atoms with Crippen LogP contribution in [-0.4, -0.2) is 32.0 Å². The molecule has 1 N–H and O–H groups in total. The Balaban J connectivity index is 2.94. The minimum Gasteiger partial charge on any atom is -0.355 e. The van der Waals surface area contributed by atoms with Crippen LogP contribution in [0.1, 0.15) is 48.7 Å². The van der Waals surface area contributed by atoms with Gasteiger partial charge in [-0.3, -0.25) is 4.79 Å². The fraction of sp³-hybridized carbons (Fsp3) is 0.562. The molecular formula is C16H26N2O. The Morgan fingerprint density at radius 3 is 2.26 bits per heavy atom. The molecule has 0 aromatic heterocycles. The van der Waals surface area contributed by atoms with E-state index < -0.39 is 0 Å². The summed E-state index contributed by atoms with van der Waals surface area (Å²) in [6, 6.07) is 8.36. The van der Waals surface area contributed by atoms with Crippen LogP contribution in [-0.2, 0) is 0 Å². The Morgan fingerprint density at radius 1 is 1.26 bits per heavy atom. The summed E-state index contributed by atoms with van der Waals surface area (Å²) in [5, 5.41) is 2.65. The van der Waals surface area contributed by atoms with Crippen molar-refractivity contribution in [2.24, 2.45) is 5.92 Å². The minimum atomic E-state index is -0.0328. The van der Waals surface area contributed by atoms with Gasteiger partial charge in [-0.05, 0) is 44.1 Å². The van der Waals surface area contributed by atoms with Crippen LogP contribution in [0.5, 0.6) is 0 Å². The highest BCUT2D eigenvalue weighted by Crippen LogP contribution is 2.29. The second-order valence-corrected chi connectivity index (χ2v) is 5.38. The number of nitrogens with one attached hydrogen (secondary N) is 1. The van der Waals surface area contributed by atoms with Gasteiger partial charge in [0.1, 0.15) is 0 Å². The average molecular weight is 262 g/mol. The Morgan fingerprint density at radius 2 is 1.84 bits per heavy atom. The van der Waals surface area contributed by atoms with Crippen LogP contribution in [0.15, 0.2) is 24.3 Å². The van der Waals surface area contributed by atoms with Gasteiger partial charge in [0.2, 0.25) is 0 Å². The van der Waals surface area contributed by atoms with E-state index in [4.69, 9.17) is 0 Å². The van der Waals surface area contributed by atoms with Crippen molar-refractivity contribution in [2.45, 2.75) is 32.7 Å². The third-order valence-corrected chi connectivity index (χ3v) is 3.58. The fourth-order valence-corrected chi connectivity index (χ4v) is 2.72. The number of nitrogens with zero attached hydrogens (tertiary/aromatic N) is 1. The fourth-order valence-electron chi connectivity index (χ4n) is 2.72. The van der Waals surface area contributed by atoms with Gasteiger partial charge in [0.25, 0.3) is 5.91 Å². The molecule has 1 aromatic carbocycles. The molecule has 0 saturated carbocycles. The first-order valence-corrected chi connectivity index (χ1v) is 6.99. The van der Waals surface area contributed by atoms with Crippen molar-refractivity contribution in [3.63, 3.8) is 0 Å². The minimum absolute atomic E-state index is 0.0328. The quantitative estimate of drug-likeness (QED) is 0.854. The molecule has 19 heavy (non-hydrogen) atoms. The number of hydrogen-bond acceptors (Lipinski definition) is 2. The first-order valence-electron chi connectivity index (χ1n) is 6.99. The molecule has 0 heterocycles. The molecule has 0 saturated heterocycles. The lowest BCUT2D eigenvalue weighted by atomic mass is 9.90. The smallest absolute Gasteiger partial charge is 0.251 e. The summed E-state index contributed by atoms with van der Waals surface area (Å²) in [5.41, 5.74) is 1.99. The molecule has 2 atom stereocenters. The second-order valence-electron chi connectivity index (χ2n) is 5.38. The zero-order chi connectivity index (χ0) is 14.4. The van der Waals surface area contributed by atoms with E-state index in [-0.39, 0.29) is 5.91 Å². The number of benzene rings is 1. The van der Waals surface area contributed by atoms with Crippen molar-refractivity contribution >= 4 is 5.91 Å². The summed E-state index contributed by atoms with van der Waals surface area (Å²) < 4.78 is 0. The molecule has 106 valence electrons. The zero-order valence-corrected chi connectivity index (χ0v) is 12.7. The normalized spacial score (nSPS) is 14.2. The third-order valence-electron chi connectivity index (χ3n) is 3.58. The highest BCUT2D eigenvalue weighted by molar-refractivity contribution is 5.93. The maximum absolute atomic E-state index is 11.5. The van der Waals surface area contributed by atoms with E-state index >= 15 is 0 Å². The summed E-state index contributed by atoms with van der Waals surface area (Å²) in [6.07, 6.45) is 2.40. The Bertz CT molecular complexity index is 398. The predicted molar refractivity (Wildman–Crippen MR) is 80.3 cm³/mol. The number of amides is 1. The number of carbonyl (C=O) groups excluding carboxylic acids is 1. The molecule has 1 rings (SSSR count). The first kappa shape index (κ1) is 15.7. The monoisotopic (exact) mass is 262 g/mol. The van der Waals surface area contributed by atoms with Gasteiger partial charge in [-0.1, -0.05) is 32.4 Å². The lowest BCUT2D eigenvalue weighted by Crippen LogP contribution is -2.26. The highest BCUT2D eigenvalue weighted by Gasteiger charge is 2.20. The van der Waals surface area contributed by atoms with Crippen molar-refractivity contribution in [2.75, 3.05) is 21.1 Å². The molecular weight excluding hydrogens is 236 g/mol. The standard InChI is InChI=1S/C16H26N2O/c1-6-7-12(2)15(18(4)5)13-8-10-14(11-9-13)16(19)17-3/h8-12,15H,6-7H2,1-5H3,(H,17,19)/t12?,15-/m1/s1. The molecule has 1 unspecified atom stereocenters. The molecule has 0 bridgehead atoms. The lowest BCUT2D eigenvalue weighted by Gasteiger charge is -2.30. The van der Waals surface area contributed by atoms with E-state index in [1.165, 1.54) is 18.4 Å². The van der Waals surface area contributed by atoms with Crippen LogP contribution in [0.25, 0.3) is 0 Å². The van der Waals surface area contributed by atoms with E-state index in [0.717, 1.165) is 0 Å². The maximum atomic E-state index is 11.5. The van der Waals surface area contributed by atoms with Gasteiger partial charge in [0, 0.05) is 18.7 Å². The van der Waals surface area contributed by atoms with Crippen molar-refractivity contribution in [1.29, 1.82) is 0 Å². The molecule has 1 amide bonds. The zero-order valence-electron chi connectivity index (χ0n) is 12.7. The van der Waals surface area contributed by atoms with Crippen LogP contribution in [0.4, 0.5) is 0 Å². The summed E-state index contributed by atoms with van der Waals surface area (Å²) in [6.45, 7) is 4.51. The molecule has 0 aliphatic rings. The van der Waals surface area contributed by atoms with Crippen LogP contribution >= 0.6 is 0 Å². The highest BCUT2D eigenvalue weighted by atomic mass is 16.1. The van der Waals surface area contributed by atoms with Gasteiger partial charge in [0.15, 0.2) is 0 Å². The van der Waals surface area contributed by atoms with E-state index in [1.54, 1.807) is 7.05 Å². The molecule has 1 aromatic rings. The van der Waals surface area contributed by atoms with Gasteiger partial charge in [-0.15, -0.1) is 0 Å². The van der Waals surface area contributed by atoms with E-state index in [1.807, 2.05) is 12.1 Å². The number of rotatable bonds is 6. The molecule has 0 aliphatic heterocycles. The molecule has 0 radical (unpaired) electrons. The SMILES string of the molecule is CCCC(C)[C@H](c1ccc(C(=O)NC)cc1)N(C)C. The second kappa shape index (κ2) is 7.29. The molecule has 0 aliphatic carbocycles. The van der Waals surface area contributed by atoms with Gasteiger partial charge >= 0.3 is 0 Å². The van der Waals surface area contributed by atoms with Gasteiger partial charge < -0.3 is 10.2 Å². The Labute approximate surface area is 117 Å². The maximum Gasteiger partial charge on any atom is 0.251 e. The van der Waals surface area contributed by atoms with E-state index in [2.05, 4.69) is 50.3 Å². The number of carbonyl (C=O) groups is 1. The van der Waals surface area contributed by atoms with E-state index in [9.17, 15) is 4.79 Å². The predicted octanol–water partition coefficient (Wildman–Crippen LogP) is 3.09. The Hall–Kier alpha value is -1.35. The van der Waals surface area contributed by atoms with Gasteiger partial charge in [0.05, 0.1) is 0 Å². The Kier molecular flexibility index (Phi) is 6.03. The molecule has 0 spiro atoms. The third kappa shape index (κ3) is 4.06. The van der Waals surface area contributed by atoms with Crippen LogP contribution in [0, 0.1) is 5.92 Å². The summed E-state index contributed by atoms with van der Waals surface area (Å²) in [7, 11) is 5.88. The van der Waals surface area contributed by atoms with Crippen molar-refractivity contribution in [3.05, 3.63) is 35.4 Å². The van der Waals surface area contributed by atoms with Gasteiger partial charge in [-0.25, -0.2) is 0 Å². The summed E-state index contributed by atoms with van der Waals surface area (Å²) in [5.74, 6) is 0.570. The number of hydrogen-bond donors (Lipinski definition) is 1.